The van der Waals surface area contributed by atoms with Gasteiger partial charge in [0.2, 0.25) is 0 Å². The van der Waals surface area contributed by atoms with Gasteiger partial charge in [-0.05, 0) is 56.3 Å². The molecule has 0 aliphatic heterocycles. The van der Waals surface area contributed by atoms with Crippen molar-refractivity contribution in [3.63, 3.8) is 0 Å². The molecule has 10 heteroatoms. The van der Waals surface area contributed by atoms with Gasteiger partial charge in [-0.25, -0.2) is 24.5 Å². The van der Waals surface area contributed by atoms with Gasteiger partial charge < -0.3 is 19.5 Å². The molecule has 0 atom stereocenters. The Bertz CT molecular complexity index is 1340. The lowest BCUT2D eigenvalue weighted by Gasteiger charge is -2.10. The first-order valence-corrected chi connectivity index (χ1v) is 11.4. The van der Waals surface area contributed by atoms with Gasteiger partial charge in [-0.2, -0.15) is 0 Å². The number of hydrogen-bond acceptors (Lipinski definition) is 10. The fourth-order valence-corrected chi connectivity index (χ4v) is 4.04. The summed E-state index contributed by atoms with van der Waals surface area (Å²) >= 11 is 1.32. The average molecular weight is 479 g/mol. The molecule has 2 heterocycles. The zero-order chi connectivity index (χ0) is 24.1. The molecule has 4 rings (SSSR count). The summed E-state index contributed by atoms with van der Waals surface area (Å²) in [6, 6.07) is 12.4. The molecule has 34 heavy (non-hydrogen) atoms. The van der Waals surface area contributed by atoms with Crippen LogP contribution in [0.25, 0.3) is 21.6 Å². The van der Waals surface area contributed by atoms with Crippen LogP contribution in [-0.4, -0.2) is 47.2 Å². The number of nitrogens with zero attached hydrogens (tertiary/aromatic N) is 3. The highest BCUT2D eigenvalue weighted by molar-refractivity contribution is 7.22. The predicted octanol–water partition coefficient (Wildman–Crippen LogP) is 4.86. The van der Waals surface area contributed by atoms with Crippen LogP contribution < -0.4 is 10.1 Å². The Kier molecular flexibility index (Phi) is 6.98. The minimum absolute atomic E-state index is 0.186. The molecule has 0 radical (unpaired) electrons. The van der Waals surface area contributed by atoms with Gasteiger partial charge in [-0.1, -0.05) is 11.3 Å². The predicted molar refractivity (Wildman–Crippen MR) is 129 cm³/mol. The van der Waals surface area contributed by atoms with Gasteiger partial charge in [0, 0.05) is 11.8 Å². The van der Waals surface area contributed by atoms with E-state index in [0.29, 0.717) is 34.4 Å². The van der Waals surface area contributed by atoms with Crippen molar-refractivity contribution >= 4 is 44.4 Å². The van der Waals surface area contributed by atoms with Crippen molar-refractivity contribution in [1.29, 1.82) is 0 Å². The Morgan fingerprint density at radius 2 is 1.71 bits per heavy atom. The molecule has 0 fully saturated rings. The molecule has 174 valence electrons. The van der Waals surface area contributed by atoms with Crippen LogP contribution in [0.1, 0.15) is 34.6 Å². The van der Waals surface area contributed by atoms with E-state index in [1.54, 1.807) is 51.3 Å². The largest absolute Gasteiger partial charge is 0.497 e. The number of carbonyl (C=O) groups is 2. The van der Waals surface area contributed by atoms with Crippen molar-refractivity contribution in [3.05, 3.63) is 59.8 Å². The average Bonchev–Trinajstić information content (AvgIpc) is 3.26. The van der Waals surface area contributed by atoms with Crippen LogP contribution in [0.15, 0.2) is 48.7 Å². The highest BCUT2D eigenvalue weighted by Crippen LogP contribution is 2.31. The molecule has 2 aromatic carbocycles. The van der Waals surface area contributed by atoms with E-state index in [0.717, 1.165) is 10.3 Å². The molecule has 0 spiro atoms. The van der Waals surface area contributed by atoms with Gasteiger partial charge in [0.25, 0.3) is 0 Å². The van der Waals surface area contributed by atoms with Crippen LogP contribution in [0.5, 0.6) is 5.75 Å². The van der Waals surface area contributed by atoms with Crippen LogP contribution in [-0.2, 0) is 9.47 Å². The number of esters is 2. The van der Waals surface area contributed by atoms with E-state index in [9.17, 15) is 9.59 Å². The highest BCUT2D eigenvalue weighted by atomic mass is 32.1. The number of carbonyl (C=O) groups excluding carboxylic acids is 2. The summed E-state index contributed by atoms with van der Waals surface area (Å²) in [5, 5.41) is 3.62. The van der Waals surface area contributed by atoms with E-state index in [-0.39, 0.29) is 18.0 Å². The number of benzene rings is 2. The molecular formula is C24H22N4O5S. The van der Waals surface area contributed by atoms with Gasteiger partial charge >= 0.3 is 11.9 Å². The van der Waals surface area contributed by atoms with Gasteiger partial charge in [0.1, 0.15) is 11.3 Å². The fourth-order valence-electron chi connectivity index (χ4n) is 3.14. The molecule has 9 nitrogen and oxygen atoms in total. The number of rotatable bonds is 8. The molecule has 1 N–H and O–H groups in total. The van der Waals surface area contributed by atoms with Gasteiger partial charge in [0.05, 0.1) is 36.1 Å². The Labute approximate surface area is 199 Å². The summed E-state index contributed by atoms with van der Waals surface area (Å²) in [6.07, 6.45) is 1.43. The second-order valence-corrected chi connectivity index (χ2v) is 7.98. The number of anilines is 2. The maximum atomic E-state index is 12.5. The number of ether oxygens (including phenoxy) is 3. The third-order valence-corrected chi connectivity index (χ3v) is 5.69. The first-order valence-electron chi connectivity index (χ1n) is 10.6. The summed E-state index contributed by atoms with van der Waals surface area (Å²) in [5.41, 5.74) is 2.08. The number of thiazole rings is 1. The molecule has 0 aliphatic carbocycles. The van der Waals surface area contributed by atoms with Crippen LogP contribution >= 0.6 is 11.3 Å². The van der Waals surface area contributed by atoms with Gasteiger partial charge in [0.15, 0.2) is 16.8 Å². The van der Waals surface area contributed by atoms with E-state index >= 15 is 0 Å². The van der Waals surface area contributed by atoms with Crippen molar-refractivity contribution in [1.82, 2.24) is 15.0 Å². The SMILES string of the molecule is CCOC(=O)c1ccc2nc(Nc3nc(-c4ccc(OC)cc4)ncc3C(=O)OCC)sc2c1. The Morgan fingerprint density at radius 3 is 2.41 bits per heavy atom. The second-order valence-electron chi connectivity index (χ2n) is 6.95. The lowest BCUT2D eigenvalue weighted by molar-refractivity contribution is 0.0517. The third kappa shape index (κ3) is 4.96. The minimum atomic E-state index is -0.544. The third-order valence-electron chi connectivity index (χ3n) is 4.76. The van der Waals surface area contributed by atoms with Crippen LogP contribution in [0, 0.1) is 0 Å². The quantitative estimate of drug-likeness (QED) is 0.355. The molecule has 0 saturated carbocycles. The lowest BCUT2D eigenvalue weighted by Crippen LogP contribution is -2.11. The zero-order valence-corrected chi connectivity index (χ0v) is 19.6. The summed E-state index contributed by atoms with van der Waals surface area (Å²) in [6.45, 7) is 4.00. The smallest absolute Gasteiger partial charge is 0.343 e. The summed E-state index contributed by atoms with van der Waals surface area (Å²) in [5.74, 6) is 0.462. The topological polar surface area (TPSA) is 113 Å². The van der Waals surface area contributed by atoms with Gasteiger partial charge in [-0.15, -0.1) is 0 Å². The van der Waals surface area contributed by atoms with E-state index in [1.165, 1.54) is 17.5 Å². The van der Waals surface area contributed by atoms with Crippen molar-refractivity contribution in [3.8, 4) is 17.1 Å². The molecular weight excluding hydrogens is 456 g/mol. The molecule has 0 unspecified atom stereocenters. The molecule has 2 aromatic heterocycles. The van der Waals surface area contributed by atoms with E-state index in [1.807, 2.05) is 12.1 Å². The number of fused-ring (bicyclic) bond motifs is 1. The highest BCUT2D eigenvalue weighted by Gasteiger charge is 2.19. The number of hydrogen-bond donors (Lipinski definition) is 1. The van der Waals surface area contributed by atoms with Gasteiger partial charge in [-0.3, -0.25) is 0 Å². The standard InChI is InChI=1S/C24H22N4O5S/c1-4-32-22(29)15-8-11-18-19(12-15)34-24(26-18)28-21-17(23(30)33-5-2)13-25-20(27-21)14-6-9-16(31-3)10-7-14/h6-13H,4-5H2,1-3H3,(H,25,26,27,28). The second kappa shape index (κ2) is 10.3. The monoisotopic (exact) mass is 478 g/mol. The van der Waals surface area contributed by atoms with E-state index < -0.39 is 11.9 Å². The first kappa shape index (κ1) is 23.1. The maximum absolute atomic E-state index is 12.5. The number of aromatic nitrogens is 3. The molecule has 0 amide bonds. The molecule has 4 aromatic rings. The Hall–Kier alpha value is -4.05. The van der Waals surface area contributed by atoms with Crippen molar-refractivity contribution < 1.29 is 23.8 Å². The minimum Gasteiger partial charge on any atom is -0.497 e. The lowest BCUT2D eigenvalue weighted by atomic mass is 10.2. The van der Waals surface area contributed by atoms with Crippen LogP contribution in [0.3, 0.4) is 0 Å². The number of nitrogens with one attached hydrogen (secondary N) is 1. The van der Waals surface area contributed by atoms with E-state index in [4.69, 9.17) is 14.2 Å². The van der Waals surface area contributed by atoms with Crippen LogP contribution in [0.2, 0.25) is 0 Å². The molecule has 0 saturated heterocycles. The van der Waals surface area contributed by atoms with Crippen LogP contribution in [0.4, 0.5) is 10.9 Å². The normalized spacial score (nSPS) is 10.7. The zero-order valence-electron chi connectivity index (χ0n) is 18.8. The Balaban J connectivity index is 1.69. The summed E-state index contributed by atoms with van der Waals surface area (Å²) < 4.78 is 16.2. The van der Waals surface area contributed by atoms with Crippen molar-refractivity contribution in [2.45, 2.75) is 13.8 Å². The van der Waals surface area contributed by atoms with Crippen molar-refractivity contribution in [2.24, 2.45) is 0 Å². The Morgan fingerprint density at radius 1 is 0.971 bits per heavy atom. The maximum Gasteiger partial charge on any atom is 0.343 e. The fraction of sp³-hybridized carbons (Fsp3) is 0.208. The molecule has 0 bridgehead atoms. The summed E-state index contributed by atoms with van der Waals surface area (Å²) in [4.78, 5) is 38.0. The van der Waals surface area contributed by atoms with E-state index in [2.05, 4.69) is 20.3 Å². The molecule has 0 aliphatic rings. The number of methoxy groups -OCH3 is 1. The first-order chi connectivity index (χ1) is 16.5. The summed E-state index contributed by atoms with van der Waals surface area (Å²) in [7, 11) is 1.59. The van der Waals surface area contributed by atoms with Crippen molar-refractivity contribution in [2.75, 3.05) is 25.6 Å².